The number of hydrogen-bond donors (Lipinski definition) is 0. The van der Waals surface area contributed by atoms with E-state index in [9.17, 15) is 0 Å². The molecule has 0 spiro atoms. The number of fused-ring (bicyclic) bond motifs is 1. The maximum absolute atomic E-state index is 4.26. The Bertz CT molecular complexity index is 636. The number of hydrogen-bond acceptors (Lipinski definition) is 1. The summed E-state index contributed by atoms with van der Waals surface area (Å²) in [5.74, 6) is 0. The fourth-order valence-electron chi connectivity index (χ4n) is 2.10. The maximum Gasteiger partial charge on any atom is 0.0209 e. The number of rotatable bonds is 0. The van der Waals surface area contributed by atoms with Gasteiger partial charge in [-0.25, -0.2) is 0 Å². The van der Waals surface area contributed by atoms with Crippen molar-refractivity contribution in [3.05, 3.63) is 68.0 Å². The highest BCUT2D eigenvalue weighted by Gasteiger charge is 2.21. The summed E-state index contributed by atoms with van der Waals surface area (Å²) in [6.07, 6.45) is 7.40. The van der Waals surface area contributed by atoms with Gasteiger partial charge in [0, 0.05) is 18.8 Å². The molecule has 0 amide bonds. The van der Waals surface area contributed by atoms with Crippen molar-refractivity contribution < 1.29 is 0 Å². The third kappa shape index (κ3) is 3.21. The quantitative estimate of drug-likeness (QED) is 0.439. The second-order valence-electron chi connectivity index (χ2n) is 4.18. The number of thioether (sulfide) groups is 1. The van der Waals surface area contributed by atoms with E-state index in [4.69, 9.17) is 0 Å². The molecule has 1 aliphatic carbocycles. The molecule has 3 rings (SSSR count). The predicted molar refractivity (Wildman–Crippen MR) is 98.2 cm³/mol. The van der Waals surface area contributed by atoms with Crippen LogP contribution in [-0.2, 0) is 0 Å². The van der Waals surface area contributed by atoms with Crippen molar-refractivity contribution in [2.75, 3.05) is 0 Å². The molecule has 0 fully saturated rings. The molecule has 20 heavy (non-hydrogen) atoms. The first-order chi connectivity index (χ1) is 9.65. The number of halogens is 2. The summed E-state index contributed by atoms with van der Waals surface area (Å²) in [6, 6.07) is 6.38. The number of benzene rings is 1. The molecule has 0 bridgehead atoms. The van der Waals surface area contributed by atoms with E-state index >= 15 is 0 Å². The van der Waals surface area contributed by atoms with Crippen LogP contribution in [0.4, 0.5) is 0 Å². The molecule has 0 atom stereocenters. The summed E-state index contributed by atoms with van der Waals surface area (Å²) < 4.78 is 2.25. The van der Waals surface area contributed by atoms with Gasteiger partial charge in [0.1, 0.15) is 0 Å². The first-order valence-electron chi connectivity index (χ1n) is 6.59. The van der Waals surface area contributed by atoms with Crippen molar-refractivity contribution >= 4 is 49.2 Å². The van der Waals surface area contributed by atoms with Crippen molar-refractivity contribution in [2.45, 2.75) is 25.2 Å². The highest BCUT2D eigenvalue weighted by atomic mass is 79.9. The van der Waals surface area contributed by atoms with E-state index < -0.39 is 0 Å². The Labute approximate surface area is 142 Å². The van der Waals surface area contributed by atoms with Crippen LogP contribution in [0.15, 0.2) is 67.3 Å². The van der Waals surface area contributed by atoms with Crippen molar-refractivity contribution in [1.82, 2.24) is 0 Å². The molecular weight excluding hydrogens is 396 g/mol. The SMILES string of the molecule is C=C1C2=C(CC=C(Br)C=C2)Sc2cc(Br)ccc21.CC. The highest BCUT2D eigenvalue weighted by Crippen LogP contribution is 2.47. The summed E-state index contributed by atoms with van der Waals surface area (Å²) >= 11 is 8.92. The Morgan fingerprint density at radius 3 is 2.65 bits per heavy atom. The topological polar surface area (TPSA) is 0 Å². The third-order valence-electron chi connectivity index (χ3n) is 3.02. The van der Waals surface area contributed by atoms with E-state index in [0.29, 0.717) is 0 Å². The van der Waals surface area contributed by atoms with Crippen molar-refractivity contribution in [3.8, 4) is 0 Å². The van der Waals surface area contributed by atoms with E-state index in [2.05, 4.69) is 74.9 Å². The predicted octanol–water partition coefficient (Wildman–Crippen LogP) is 7.09. The van der Waals surface area contributed by atoms with Gasteiger partial charge >= 0.3 is 0 Å². The van der Waals surface area contributed by atoms with Crippen LogP contribution in [0.25, 0.3) is 5.57 Å². The lowest BCUT2D eigenvalue weighted by Gasteiger charge is -2.22. The van der Waals surface area contributed by atoms with E-state index in [0.717, 1.165) is 20.9 Å². The molecular formula is C17H16Br2S. The fraction of sp³-hybridized carbons (Fsp3) is 0.176. The first-order valence-corrected chi connectivity index (χ1v) is 8.99. The molecule has 0 unspecified atom stereocenters. The van der Waals surface area contributed by atoms with Crippen LogP contribution in [0.2, 0.25) is 0 Å². The zero-order chi connectivity index (χ0) is 14.7. The molecule has 104 valence electrons. The summed E-state index contributed by atoms with van der Waals surface area (Å²) in [6.45, 7) is 8.26. The third-order valence-corrected chi connectivity index (χ3v) is 5.29. The molecule has 1 aromatic rings. The van der Waals surface area contributed by atoms with Gasteiger partial charge < -0.3 is 0 Å². The average Bonchev–Trinajstić information content (AvgIpc) is 2.64. The molecule has 0 N–H and O–H groups in total. The summed E-state index contributed by atoms with van der Waals surface area (Å²) in [5, 5.41) is 0. The highest BCUT2D eigenvalue weighted by molar-refractivity contribution is 9.12. The van der Waals surface area contributed by atoms with Crippen molar-refractivity contribution in [3.63, 3.8) is 0 Å². The van der Waals surface area contributed by atoms with Crippen LogP contribution in [0.3, 0.4) is 0 Å². The van der Waals surface area contributed by atoms with Gasteiger partial charge in [0.25, 0.3) is 0 Å². The molecule has 1 aromatic carbocycles. The minimum atomic E-state index is 0.957. The van der Waals surface area contributed by atoms with Gasteiger partial charge in [0.15, 0.2) is 0 Å². The molecule has 3 heteroatoms. The van der Waals surface area contributed by atoms with Crippen LogP contribution >= 0.6 is 43.6 Å². The fourth-order valence-corrected chi connectivity index (χ4v) is 4.12. The zero-order valence-electron chi connectivity index (χ0n) is 11.5. The molecule has 1 heterocycles. The van der Waals surface area contributed by atoms with Gasteiger partial charge in [-0.15, -0.1) is 0 Å². The second kappa shape index (κ2) is 6.97. The summed E-state index contributed by atoms with van der Waals surface area (Å²) in [5.41, 5.74) is 3.63. The lowest BCUT2D eigenvalue weighted by Crippen LogP contribution is -1.98. The molecule has 0 saturated heterocycles. The summed E-state index contributed by atoms with van der Waals surface area (Å²) in [7, 11) is 0. The lowest BCUT2D eigenvalue weighted by atomic mass is 9.98. The van der Waals surface area contributed by atoms with Gasteiger partial charge in [-0.2, -0.15) is 0 Å². The van der Waals surface area contributed by atoms with Crippen molar-refractivity contribution in [1.29, 1.82) is 0 Å². The van der Waals surface area contributed by atoms with Crippen molar-refractivity contribution in [2.24, 2.45) is 0 Å². The molecule has 1 aliphatic heterocycles. The van der Waals surface area contributed by atoms with Gasteiger partial charge in [0.05, 0.1) is 0 Å². The molecule has 0 aromatic heterocycles. The summed E-state index contributed by atoms with van der Waals surface area (Å²) in [4.78, 5) is 2.66. The first kappa shape index (κ1) is 15.9. The molecule has 0 saturated carbocycles. The van der Waals surface area contributed by atoms with Gasteiger partial charge in [-0.1, -0.05) is 82.3 Å². The number of allylic oxidation sites excluding steroid dienone is 7. The Morgan fingerprint density at radius 1 is 1.15 bits per heavy atom. The average molecular weight is 412 g/mol. The smallest absolute Gasteiger partial charge is 0.0209 e. The van der Waals surface area contributed by atoms with E-state index in [1.54, 1.807) is 0 Å². The van der Waals surface area contributed by atoms with Crippen LogP contribution < -0.4 is 0 Å². The minimum Gasteiger partial charge on any atom is -0.0929 e. The van der Waals surface area contributed by atoms with Gasteiger partial charge in [0.2, 0.25) is 0 Å². The Kier molecular flexibility index (Phi) is 5.53. The molecule has 2 aliphatic rings. The molecule has 0 nitrogen and oxygen atoms in total. The van der Waals surface area contributed by atoms with E-state index in [1.807, 2.05) is 25.6 Å². The molecule has 0 radical (unpaired) electrons. The standard InChI is InChI=1S/C15H10Br2S.C2H6/c1-9-12-5-2-10(16)4-7-14(12)18-15-8-11(17)3-6-13(9)15;1-2/h2-6,8H,1,7H2;1-2H3. The second-order valence-corrected chi connectivity index (χ2v) is 7.15. The Morgan fingerprint density at radius 2 is 1.90 bits per heavy atom. The van der Waals surface area contributed by atoms with E-state index in [1.165, 1.54) is 20.9 Å². The largest absolute Gasteiger partial charge is 0.0929 e. The van der Waals surface area contributed by atoms with E-state index in [-0.39, 0.29) is 0 Å². The van der Waals surface area contributed by atoms with Gasteiger partial charge in [-0.05, 0) is 41.3 Å². The zero-order valence-corrected chi connectivity index (χ0v) is 15.5. The van der Waals surface area contributed by atoms with Crippen LogP contribution in [0.5, 0.6) is 0 Å². The van der Waals surface area contributed by atoms with Crippen LogP contribution in [0, 0.1) is 0 Å². The lowest BCUT2D eigenvalue weighted by molar-refractivity contribution is 1.29. The Balaban J connectivity index is 0.000000704. The maximum atomic E-state index is 4.26. The van der Waals surface area contributed by atoms with Crippen LogP contribution in [0.1, 0.15) is 25.8 Å². The van der Waals surface area contributed by atoms with Crippen LogP contribution in [-0.4, -0.2) is 0 Å². The Hall–Kier alpha value is -0.510. The normalized spacial score (nSPS) is 16.6. The minimum absolute atomic E-state index is 0.957. The monoisotopic (exact) mass is 410 g/mol. The van der Waals surface area contributed by atoms with Gasteiger partial charge in [-0.3, -0.25) is 0 Å².